The summed E-state index contributed by atoms with van der Waals surface area (Å²) in [6.45, 7) is 0. The number of carboxylic acid groups (broad SMARTS) is 1. The first-order chi connectivity index (χ1) is 8.01. The van der Waals surface area contributed by atoms with Gasteiger partial charge in [-0.15, -0.1) is 0 Å². The predicted molar refractivity (Wildman–Crippen MR) is 53.7 cm³/mol. The van der Waals surface area contributed by atoms with E-state index in [9.17, 15) is 26.4 Å². The van der Waals surface area contributed by atoms with Crippen molar-refractivity contribution in [3.05, 3.63) is 16.9 Å². The molecule has 0 saturated carbocycles. The summed E-state index contributed by atoms with van der Waals surface area (Å²) in [5, 5.41) is 10.5. The molecule has 18 heavy (non-hydrogen) atoms. The van der Waals surface area contributed by atoms with Gasteiger partial charge in [0.2, 0.25) is 0 Å². The van der Waals surface area contributed by atoms with Crippen LogP contribution >= 0.6 is 11.6 Å². The molecule has 1 rings (SSSR count). The third-order valence-corrected chi connectivity index (χ3v) is 3.28. The maximum atomic E-state index is 12.3. The number of nitrogens with zero attached hydrogens (tertiary/aromatic N) is 2. The molecule has 0 atom stereocenters. The van der Waals surface area contributed by atoms with E-state index in [1.807, 2.05) is 0 Å². The Hall–Kier alpha value is -1.29. The van der Waals surface area contributed by atoms with Crippen molar-refractivity contribution in [3.63, 3.8) is 0 Å². The molecule has 0 aromatic carbocycles. The number of aliphatic carboxylic acids is 1. The molecule has 0 aliphatic carbocycles. The lowest BCUT2D eigenvalue weighted by atomic mass is 10.4. The fourth-order valence-electron chi connectivity index (χ4n) is 1.09. The first kappa shape index (κ1) is 14.8. The van der Waals surface area contributed by atoms with E-state index in [0.717, 1.165) is 0 Å². The SMILES string of the molecule is O=C(O)CS(=O)(=O)Cn1cc(Cl)c(C(F)(F)F)n1. The van der Waals surface area contributed by atoms with Crippen molar-refractivity contribution in [1.29, 1.82) is 0 Å². The monoisotopic (exact) mass is 306 g/mol. The average molecular weight is 307 g/mol. The highest BCUT2D eigenvalue weighted by atomic mass is 35.5. The molecule has 0 unspecified atom stereocenters. The lowest BCUT2D eigenvalue weighted by Crippen LogP contribution is -2.20. The van der Waals surface area contributed by atoms with Gasteiger partial charge in [-0.25, -0.2) is 8.42 Å². The van der Waals surface area contributed by atoms with E-state index in [1.54, 1.807) is 0 Å². The zero-order chi connectivity index (χ0) is 14.1. The molecule has 0 saturated heterocycles. The van der Waals surface area contributed by atoms with Gasteiger partial charge in [0.25, 0.3) is 0 Å². The summed E-state index contributed by atoms with van der Waals surface area (Å²) in [7, 11) is -4.11. The zero-order valence-electron chi connectivity index (χ0n) is 8.48. The first-order valence-corrected chi connectivity index (χ1v) is 6.43. The van der Waals surface area contributed by atoms with Crippen molar-refractivity contribution in [3.8, 4) is 0 Å². The van der Waals surface area contributed by atoms with Gasteiger partial charge < -0.3 is 5.11 Å². The number of hydrogen-bond donors (Lipinski definition) is 1. The van der Waals surface area contributed by atoms with Crippen LogP contribution in [0.4, 0.5) is 13.2 Å². The smallest absolute Gasteiger partial charge is 0.436 e. The summed E-state index contributed by atoms with van der Waals surface area (Å²) in [6.07, 6.45) is -4.14. The largest absolute Gasteiger partial charge is 0.480 e. The molecule has 0 bridgehead atoms. The minimum atomic E-state index is -4.81. The second kappa shape index (κ2) is 4.76. The molecule has 0 radical (unpaired) electrons. The molecule has 1 aromatic rings. The van der Waals surface area contributed by atoms with Crippen LogP contribution in [-0.2, 0) is 26.7 Å². The van der Waals surface area contributed by atoms with Gasteiger partial charge >= 0.3 is 12.1 Å². The number of sulfone groups is 1. The molecule has 1 N–H and O–H groups in total. The molecular weight excluding hydrogens is 301 g/mol. The molecular formula is C7H6ClF3N2O4S. The topological polar surface area (TPSA) is 89.3 Å². The Balaban J connectivity index is 2.98. The Labute approximate surface area is 104 Å². The summed E-state index contributed by atoms with van der Waals surface area (Å²) in [4.78, 5) is 10.2. The molecule has 102 valence electrons. The van der Waals surface area contributed by atoms with E-state index in [2.05, 4.69) is 5.10 Å². The first-order valence-electron chi connectivity index (χ1n) is 4.23. The minimum Gasteiger partial charge on any atom is -0.480 e. The van der Waals surface area contributed by atoms with Crippen LogP contribution in [0.25, 0.3) is 0 Å². The standard InChI is InChI=1S/C7H6ClF3N2O4S/c8-4-1-13(12-6(4)7(9,10)11)3-18(16,17)2-5(14)15/h1H,2-3H2,(H,14,15). The van der Waals surface area contributed by atoms with Gasteiger partial charge in [-0.05, 0) is 0 Å². The van der Waals surface area contributed by atoms with Gasteiger partial charge in [0.15, 0.2) is 15.5 Å². The molecule has 0 amide bonds. The van der Waals surface area contributed by atoms with E-state index in [1.165, 1.54) is 0 Å². The summed E-state index contributed by atoms with van der Waals surface area (Å²) in [5.74, 6) is -3.80. The Morgan fingerprint density at radius 2 is 2.06 bits per heavy atom. The van der Waals surface area contributed by atoms with Gasteiger partial charge in [0.1, 0.15) is 11.6 Å². The van der Waals surface area contributed by atoms with Gasteiger partial charge in [-0.1, -0.05) is 11.6 Å². The van der Waals surface area contributed by atoms with Crippen molar-refractivity contribution >= 4 is 27.4 Å². The lowest BCUT2D eigenvalue weighted by molar-refractivity contribution is -0.141. The Morgan fingerprint density at radius 1 is 1.50 bits per heavy atom. The molecule has 6 nitrogen and oxygen atoms in total. The highest BCUT2D eigenvalue weighted by Gasteiger charge is 2.37. The van der Waals surface area contributed by atoms with Gasteiger partial charge in [-0.3, -0.25) is 9.48 Å². The van der Waals surface area contributed by atoms with Crippen LogP contribution < -0.4 is 0 Å². The van der Waals surface area contributed by atoms with Crippen molar-refractivity contribution in [2.45, 2.75) is 12.1 Å². The number of halogens is 4. The number of rotatable bonds is 4. The molecule has 0 spiro atoms. The Kier molecular flexibility index (Phi) is 3.91. The van der Waals surface area contributed by atoms with Crippen molar-refractivity contribution in [1.82, 2.24) is 9.78 Å². The highest BCUT2D eigenvalue weighted by molar-refractivity contribution is 7.91. The highest BCUT2D eigenvalue weighted by Crippen LogP contribution is 2.33. The maximum absolute atomic E-state index is 12.3. The predicted octanol–water partition coefficient (Wildman–Crippen LogP) is 1.01. The number of carboxylic acids is 1. The van der Waals surface area contributed by atoms with E-state index in [-0.39, 0.29) is 0 Å². The fraction of sp³-hybridized carbons (Fsp3) is 0.429. The molecule has 0 fully saturated rings. The molecule has 0 aliphatic rings. The van der Waals surface area contributed by atoms with Crippen LogP contribution in [0, 0.1) is 0 Å². The van der Waals surface area contributed by atoms with E-state index < -0.39 is 44.3 Å². The summed E-state index contributed by atoms with van der Waals surface area (Å²) in [6, 6.07) is 0. The summed E-state index contributed by atoms with van der Waals surface area (Å²) < 4.78 is 59.8. The van der Waals surface area contributed by atoms with E-state index in [4.69, 9.17) is 16.7 Å². The van der Waals surface area contributed by atoms with Crippen LogP contribution in [0.15, 0.2) is 6.20 Å². The maximum Gasteiger partial charge on any atom is 0.436 e. The van der Waals surface area contributed by atoms with Gasteiger partial charge in [0.05, 0.1) is 5.02 Å². The van der Waals surface area contributed by atoms with Crippen molar-refractivity contribution in [2.75, 3.05) is 5.75 Å². The third kappa shape index (κ3) is 3.88. The molecule has 1 aromatic heterocycles. The average Bonchev–Trinajstić information content (AvgIpc) is 2.41. The number of hydrogen-bond acceptors (Lipinski definition) is 4. The zero-order valence-corrected chi connectivity index (χ0v) is 10.1. The second-order valence-electron chi connectivity index (χ2n) is 3.27. The van der Waals surface area contributed by atoms with Crippen molar-refractivity contribution < 1.29 is 31.5 Å². The Bertz CT molecular complexity index is 566. The molecule has 11 heteroatoms. The number of alkyl halides is 3. The van der Waals surface area contributed by atoms with E-state index >= 15 is 0 Å². The van der Waals surface area contributed by atoms with Crippen LogP contribution in [0.3, 0.4) is 0 Å². The normalized spacial score (nSPS) is 12.7. The van der Waals surface area contributed by atoms with E-state index in [0.29, 0.717) is 10.9 Å². The summed E-state index contributed by atoms with van der Waals surface area (Å²) >= 11 is 5.25. The summed E-state index contributed by atoms with van der Waals surface area (Å²) in [5.41, 5.74) is -1.42. The number of carbonyl (C=O) groups is 1. The third-order valence-electron chi connectivity index (χ3n) is 1.66. The van der Waals surface area contributed by atoms with Gasteiger partial charge in [-0.2, -0.15) is 18.3 Å². The fourth-order valence-corrected chi connectivity index (χ4v) is 2.35. The lowest BCUT2D eigenvalue weighted by Gasteiger charge is -2.03. The Morgan fingerprint density at radius 3 is 2.44 bits per heavy atom. The molecule has 1 heterocycles. The van der Waals surface area contributed by atoms with Crippen LogP contribution in [0.5, 0.6) is 0 Å². The minimum absolute atomic E-state index is 0.434. The van der Waals surface area contributed by atoms with Crippen LogP contribution in [-0.4, -0.2) is 35.0 Å². The molecule has 0 aliphatic heterocycles. The quantitative estimate of drug-likeness (QED) is 0.897. The second-order valence-corrected chi connectivity index (χ2v) is 5.71. The van der Waals surface area contributed by atoms with Gasteiger partial charge in [0, 0.05) is 6.20 Å². The number of aromatic nitrogens is 2. The van der Waals surface area contributed by atoms with Crippen molar-refractivity contribution in [2.24, 2.45) is 0 Å². The van der Waals surface area contributed by atoms with Crippen LogP contribution in [0.1, 0.15) is 5.69 Å². The van der Waals surface area contributed by atoms with Crippen LogP contribution in [0.2, 0.25) is 5.02 Å².